The van der Waals surface area contributed by atoms with Gasteiger partial charge in [0.2, 0.25) is 17.8 Å². The summed E-state index contributed by atoms with van der Waals surface area (Å²) in [4.78, 5) is 33.8. The number of primary amides is 1. The first-order chi connectivity index (χ1) is 14.5. The lowest BCUT2D eigenvalue weighted by Crippen LogP contribution is -2.35. The minimum absolute atomic E-state index is 0.0759. The van der Waals surface area contributed by atoms with Gasteiger partial charge in [0.25, 0.3) is 0 Å². The summed E-state index contributed by atoms with van der Waals surface area (Å²) in [5.41, 5.74) is 6.95. The Hall–Kier alpha value is -3.03. The molecular weight excluding hydrogens is 385 g/mol. The second-order valence-electron chi connectivity index (χ2n) is 8.04. The van der Waals surface area contributed by atoms with Crippen LogP contribution < -0.4 is 16.0 Å². The number of carbonyl (C=O) groups excluding carboxylic acids is 2. The van der Waals surface area contributed by atoms with Crippen LogP contribution in [0.2, 0.25) is 0 Å². The molecule has 0 spiro atoms. The number of hydrogen-bond donors (Lipinski definition) is 2. The van der Waals surface area contributed by atoms with Gasteiger partial charge in [0, 0.05) is 36.2 Å². The van der Waals surface area contributed by atoms with E-state index in [0.717, 1.165) is 44.2 Å². The molecule has 7 nitrogen and oxygen atoms in total. The Kier molecular flexibility index (Phi) is 5.92. The van der Waals surface area contributed by atoms with Crippen LogP contribution in [-0.2, 0) is 9.59 Å². The number of nitrogens with two attached hydrogens (primary N) is 1. The Bertz CT molecular complexity index is 943. The lowest BCUT2D eigenvalue weighted by Gasteiger charge is -2.27. The van der Waals surface area contributed by atoms with Gasteiger partial charge in [0.1, 0.15) is 5.69 Å². The fourth-order valence-corrected chi connectivity index (χ4v) is 4.24. The summed E-state index contributed by atoms with van der Waals surface area (Å²) in [6.45, 7) is 0.676. The smallest absolute Gasteiger partial charge is 0.226 e. The first-order valence-electron chi connectivity index (χ1n) is 10.5. The van der Waals surface area contributed by atoms with Crippen molar-refractivity contribution in [2.75, 3.05) is 16.8 Å². The van der Waals surface area contributed by atoms with E-state index in [4.69, 9.17) is 5.73 Å². The van der Waals surface area contributed by atoms with E-state index in [-0.39, 0.29) is 29.5 Å². The van der Waals surface area contributed by atoms with Crippen LogP contribution in [0.3, 0.4) is 0 Å². The van der Waals surface area contributed by atoms with Crippen LogP contribution in [0.4, 0.5) is 16.0 Å². The lowest BCUT2D eigenvalue weighted by atomic mass is 9.86. The van der Waals surface area contributed by atoms with Gasteiger partial charge in [-0.25, -0.2) is 14.4 Å². The predicted octanol–water partition coefficient (Wildman–Crippen LogP) is 3.26. The van der Waals surface area contributed by atoms with Crippen LogP contribution in [0.5, 0.6) is 0 Å². The van der Waals surface area contributed by atoms with Gasteiger partial charge in [-0.2, -0.15) is 0 Å². The van der Waals surface area contributed by atoms with Crippen molar-refractivity contribution in [1.82, 2.24) is 9.97 Å². The highest BCUT2D eigenvalue weighted by molar-refractivity contribution is 5.94. The molecule has 158 valence electrons. The van der Waals surface area contributed by atoms with Crippen LogP contribution >= 0.6 is 0 Å². The zero-order valence-corrected chi connectivity index (χ0v) is 16.8. The molecule has 2 amide bonds. The van der Waals surface area contributed by atoms with Crippen molar-refractivity contribution < 1.29 is 14.0 Å². The Balaban J connectivity index is 1.52. The molecule has 1 aromatic carbocycles. The van der Waals surface area contributed by atoms with E-state index in [1.54, 1.807) is 17.0 Å². The molecule has 1 aliphatic carbocycles. The normalized spacial score (nSPS) is 22.0. The molecule has 2 aromatic rings. The zero-order chi connectivity index (χ0) is 21.1. The first-order valence-corrected chi connectivity index (χ1v) is 10.5. The molecule has 30 heavy (non-hydrogen) atoms. The van der Waals surface area contributed by atoms with Gasteiger partial charge in [-0.15, -0.1) is 0 Å². The van der Waals surface area contributed by atoms with Gasteiger partial charge >= 0.3 is 0 Å². The highest BCUT2D eigenvalue weighted by atomic mass is 19.1. The van der Waals surface area contributed by atoms with Crippen molar-refractivity contribution in [2.45, 2.75) is 51.0 Å². The third-order valence-electron chi connectivity index (χ3n) is 5.96. The van der Waals surface area contributed by atoms with Crippen molar-refractivity contribution in [3.05, 3.63) is 36.3 Å². The van der Waals surface area contributed by atoms with E-state index in [2.05, 4.69) is 15.3 Å². The Morgan fingerprint density at radius 3 is 2.73 bits per heavy atom. The molecule has 1 aliphatic heterocycles. The summed E-state index contributed by atoms with van der Waals surface area (Å²) in [5, 5.41) is 3.26. The summed E-state index contributed by atoms with van der Waals surface area (Å²) in [6, 6.07) is 7.38. The monoisotopic (exact) mass is 411 g/mol. The summed E-state index contributed by atoms with van der Waals surface area (Å²) in [6.07, 6.45) is 6.61. The maximum atomic E-state index is 14.5. The summed E-state index contributed by atoms with van der Waals surface area (Å²) >= 11 is 0. The number of amides is 2. The summed E-state index contributed by atoms with van der Waals surface area (Å²) in [7, 11) is 0. The van der Waals surface area contributed by atoms with Crippen molar-refractivity contribution >= 4 is 23.5 Å². The van der Waals surface area contributed by atoms with E-state index in [1.165, 1.54) is 6.20 Å². The molecule has 8 heteroatoms. The number of halogens is 1. The van der Waals surface area contributed by atoms with Crippen molar-refractivity contribution in [2.24, 2.45) is 11.7 Å². The zero-order valence-electron chi connectivity index (χ0n) is 16.8. The van der Waals surface area contributed by atoms with E-state index in [0.29, 0.717) is 24.5 Å². The van der Waals surface area contributed by atoms with E-state index >= 15 is 0 Å². The molecule has 3 N–H and O–H groups in total. The first kappa shape index (κ1) is 20.3. The van der Waals surface area contributed by atoms with Gasteiger partial charge in [-0.3, -0.25) is 9.59 Å². The number of hydrogen-bond acceptors (Lipinski definition) is 5. The second kappa shape index (κ2) is 8.77. The number of anilines is 2. The Morgan fingerprint density at radius 1 is 1.20 bits per heavy atom. The van der Waals surface area contributed by atoms with Crippen molar-refractivity contribution in [3.8, 4) is 11.3 Å². The molecule has 0 radical (unpaired) electrons. The van der Waals surface area contributed by atoms with Gasteiger partial charge in [0.15, 0.2) is 5.82 Å². The van der Waals surface area contributed by atoms with Crippen LogP contribution in [-0.4, -0.2) is 34.4 Å². The van der Waals surface area contributed by atoms with E-state index in [9.17, 15) is 14.0 Å². The number of piperidine rings is 1. The van der Waals surface area contributed by atoms with Crippen LogP contribution in [0, 0.1) is 11.7 Å². The SMILES string of the molecule is NC(=O)C1CCC(Nc2ncc(F)c(-c3cccc(N4CCCCC4=O)c3)n2)CC1. The molecule has 2 fully saturated rings. The number of nitrogens with zero attached hydrogens (tertiary/aromatic N) is 3. The molecule has 0 bridgehead atoms. The predicted molar refractivity (Wildman–Crippen MR) is 112 cm³/mol. The average molecular weight is 411 g/mol. The van der Waals surface area contributed by atoms with Gasteiger partial charge in [0.05, 0.1) is 6.20 Å². The molecular formula is C22H26FN5O2. The summed E-state index contributed by atoms with van der Waals surface area (Å²) in [5.74, 6) is -0.391. The van der Waals surface area contributed by atoms with Gasteiger partial charge < -0.3 is 16.0 Å². The fraction of sp³-hybridized carbons (Fsp3) is 0.455. The third-order valence-corrected chi connectivity index (χ3v) is 5.96. The highest BCUT2D eigenvalue weighted by Gasteiger charge is 2.25. The molecule has 1 saturated carbocycles. The Labute approximate surface area is 174 Å². The molecule has 0 atom stereocenters. The topological polar surface area (TPSA) is 101 Å². The molecule has 2 aliphatic rings. The largest absolute Gasteiger partial charge is 0.369 e. The Morgan fingerprint density at radius 2 is 2.00 bits per heavy atom. The van der Waals surface area contributed by atoms with Crippen LogP contribution in [0.25, 0.3) is 11.3 Å². The van der Waals surface area contributed by atoms with Crippen molar-refractivity contribution in [3.63, 3.8) is 0 Å². The number of carbonyl (C=O) groups is 2. The standard InChI is InChI=1S/C22H26FN5O2/c23-18-13-25-22(26-16-9-7-14(8-10-16)21(24)30)27-20(18)15-4-3-5-17(12-15)28-11-2-1-6-19(28)29/h3-5,12-14,16H,1-2,6-11H2,(H2,24,30)(H,25,26,27). The molecule has 0 unspecified atom stereocenters. The minimum Gasteiger partial charge on any atom is -0.369 e. The van der Waals surface area contributed by atoms with Crippen molar-refractivity contribution in [1.29, 1.82) is 0 Å². The molecule has 4 rings (SSSR count). The minimum atomic E-state index is -0.514. The van der Waals surface area contributed by atoms with Gasteiger partial charge in [-0.1, -0.05) is 12.1 Å². The van der Waals surface area contributed by atoms with Crippen LogP contribution in [0.1, 0.15) is 44.9 Å². The van der Waals surface area contributed by atoms with Crippen LogP contribution in [0.15, 0.2) is 30.5 Å². The molecule has 2 heterocycles. The number of aromatic nitrogens is 2. The van der Waals surface area contributed by atoms with E-state index < -0.39 is 5.82 Å². The fourth-order valence-electron chi connectivity index (χ4n) is 4.24. The lowest BCUT2D eigenvalue weighted by molar-refractivity contribution is -0.122. The number of benzene rings is 1. The van der Waals surface area contributed by atoms with E-state index in [1.807, 2.05) is 12.1 Å². The number of nitrogens with one attached hydrogen (secondary N) is 1. The summed E-state index contributed by atoms with van der Waals surface area (Å²) < 4.78 is 14.5. The maximum absolute atomic E-state index is 14.5. The quantitative estimate of drug-likeness (QED) is 0.786. The maximum Gasteiger partial charge on any atom is 0.226 e. The number of rotatable bonds is 5. The average Bonchev–Trinajstić information content (AvgIpc) is 2.76. The molecule has 1 saturated heterocycles. The third kappa shape index (κ3) is 4.42. The molecule has 1 aromatic heterocycles. The highest BCUT2D eigenvalue weighted by Crippen LogP contribution is 2.29. The second-order valence-corrected chi connectivity index (χ2v) is 8.04. The van der Waals surface area contributed by atoms with Gasteiger partial charge in [-0.05, 0) is 50.7 Å².